The molecule has 20 heavy (non-hydrogen) atoms. The standard InChI is InChI=1S/C15H22F2N2O/c1-3-5-7-11(6-4-2)19-15(20)12-8-10(16)9-13(18)14(12)17/h8-9,11H,3-7,18H2,1-2H3,(H,19,20). The van der Waals surface area contributed by atoms with Gasteiger partial charge < -0.3 is 11.1 Å². The molecule has 5 heteroatoms. The van der Waals surface area contributed by atoms with Gasteiger partial charge in [0, 0.05) is 6.04 Å². The minimum absolute atomic E-state index is 0.0173. The van der Waals surface area contributed by atoms with Crippen LogP contribution < -0.4 is 11.1 Å². The third-order valence-corrected chi connectivity index (χ3v) is 3.19. The van der Waals surface area contributed by atoms with E-state index < -0.39 is 17.5 Å². The van der Waals surface area contributed by atoms with Crippen molar-refractivity contribution >= 4 is 11.6 Å². The lowest BCUT2D eigenvalue weighted by atomic mass is 10.0. The molecular formula is C15H22F2N2O. The van der Waals surface area contributed by atoms with E-state index in [1.54, 1.807) is 0 Å². The van der Waals surface area contributed by atoms with Crippen LogP contribution in [-0.4, -0.2) is 11.9 Å². The number of rotatable bonds is 7. The van der Waals surface area contributed by atoms with Gasteiger partial charge in [0.15, 0.2) is 5.82 Å². The van der Waals surface area contributed by atoms with Crippen molar-refractivity contribution in [1.29, 1.82) is 0 Å². The van der Waals surface area contributed by atoms with Gasteiger partial charge >= 0.3 is 0 Å². The highest BCUT2D eigenvalue weighted by atomic mass is 19.1. The summed E-state index contributed by atoms with van der Waals surface area (Å²) in [5.41, 5.74) is 4.65. The molecule has 0 spiro atoms. The summed E-state index contributed by atoms with van der Waals surface area (Å²) in [7, 11) is 0. The molecule has 1 amide bonds. The molecule has 0 saturated heterocycles. The summed E-state index contributed by atoms with van der Waals surface area (Å²) < 4.78 is 27.0. The molecule has 3 nitrogen and oxygen atoms in total. The van der Waals surface area contributed by atoms with Crippen molar-refractivity contribution in [2.45, 2.75) is 52.0 Å². The third kappa shape index (κ3) is 4.47. The van der Waals surface area contributed by atoms with Crippen molar-refractivity contribution in [3.8, 4) is 0 Å². The topological polar surface area (TPSA) is 55.1 Å². The maximum atomic E-state index is 13.8. The average Bonchev–Trinajstić information content (AvgIpc) is 2.40. The lowest BCUT2D eigenvalue weighted by Crippen LogP contribution is -2.35. The summed E-state index contributed by atoms with van der Waals surface area (Å²) in [4.78, 5) is 12.0. The molecule has 0 bridgehead atoms. The fourth-order valence-corrected chi connectivity index (χ4v) is 2.13. The molecular weight excluding hydrogens is 262 g/mol. The zero-order valence-electron chi connectivity index (χ0n) is 12.0. The van der Waals surface area contributed by atoms with Crippen molar-refractivity contribution in [1.82, 2.24) is 5.32 Å². The van der Waals surface area contributed by atoms with E-state index in [9.17, 15) is 13.6 Å². The van der Waals surface area contributed by atoms with Crippen molar-refractivity contribution in [3.63, 3.8) is 0 Å². The van der Waals surface area contributed by atoms with Gasteiger partial charge in [0.2, 0.25) is 0 Å². The van der Waals surface area contributed by atoms with E-state index in [2.05, 4.69) is 12.2 Å². The molecule has 0 saturated carbocycles. The summed E-state index contributed by atoms with van der Waals surface area (Å²) in [5, 5.41) is 2.76. The SMILES string of the molecule is CCCCC(CCC)NC(=O)c1cc(F)cc(N)c1F. The highest BCUT2D eigenvalue weighted by Gasteiger charge is 2.18. The second kappa shape index (κ2) is 7.82. The molecule has 0 fully saturated rings. The zero-order chi connectivity index (χ0) is 15.1. The first-order chi connectivity index (χ1) is 9.49. The summed E-state index contributed by atoms with van der Waals surface area (Å²) in [6.07, 6.45) is 4.58. The van der Waals surface area contributed by atoms with E-state index in [-0.39, 0.29) is 17.3 Å². The number of halogens is 2. The maximum absolute atomic E-state index is 13.8. The van der Waals surface area contributed by atoms with Crippen LogP contribution in [0.1, 0.15) is 56.3 Å². The number of benzene rings is 1. The van der Waals surface area contributed by atoms with Crippen LogP contribution in [0.15, 0.2) is 12.1 Å². The number of carbonyl (C=O) groups excluding carboxylic acids is 1. The van der Waals surface area contributed by atoms with Gasteiger partial charge in [-0.15, -0.1) is 0 Å². The van der Waals surface area contributed by atoms with E-state index in [0.29, 0.717) is 0 Å². The Morgan fingerprint density at radius 1 is 1.25 bits per heavy atom. The fourth-order valence-electron chi connectivity index (χ4n) is 2.13. The van der Waals surface area contributed by atoms with Crippen LogP contribution in [-0.2, 0) is 0 Å². The van der Waals surface area contributed by atoms with Crippen molar-refractivity contribution in [3.05, 3.63) is 29.3 Å². The lowest BCUT2D eigenvalue weighted by molar-refractivity contribution is 0.0927. The smallest absolute Gasteiger partial charge is 0.254 e. The second-order valence-electron chi connectivity index (χ2n) is 4.96. The molecule has 1 atom stereocenters. The predicted octanol–water partition coefficient (Wildman–Crippen LogP) is 3.64. The first-order valence-corrected chi connectivity index (χ1v) is 7.04. The number of hydrogen-bond donors (Lipinski definition) is 2. The molecule has 3 N–H and O–H groups in total. The predicted molar refractivity (Wildman–Crippen MR) is 76.5 cm³/mol. The number of nitrogen functional groups attached to an aromatic ring is 1. The van der Waals surface area contributed by atoms with Gasteiger partial charge in [0.1, 0.15) is 5.82 Å². The first kappa shape index (κ1) is 16.4. The summed E-state index contributed by atoms with van der Waals surface area (Å²) in [5.74, 6) is -2.19. The number of hydrogen-bond acceptors (Lipinski definition) is 2. The Morgan fingerprint density at radius 2 is 1.95 bits per heavy atom. The van der Waals surface area contributed by atoms with Gasteiger partial charge in [-0.05, 0) is 25.0 Å². The van der Waals surface area contributed by atoms with Gasteiger partial charge in [0.05, 0.1) is 11.3 Å². The molecule has 0 radical (unpaired) electrons. The largest absolute Gasteiger partial charge is 0.396 e. The summed E-state index contributed by atoms with van der Waals surface area (Å²) >= 11 is 0. The summed E-state index contributed by atoms with van der Waals surface area (Å²) in [6.45, 7) is 4.09. The van der Waals surface area contributed by atoms with Crippen LogP contribution in [0, 0.1) is 11.6 Å². The highest BCUT2D eigenvalue weighted by Crippen LogP contribution is 2.18. The average molecular weight is 284 g/mol. The van der Waals surface area contributed by atoms with Crippen LogP contribution in [0.4, 0.5) is 14.5 Å². The Morgan fingerprint density at radius 3 is 2.55 bits per heavy atom. The van der Waals surface area contributed by atoms with Gasteiger partial charge in [-0.25, -0.2) is 8.78 Å². The van der Waals surface area contributed by atoms with E-state index in [1.807, 2.05) is 6.92 Å². The Labute approximate surface area is 118 Å². The Bertz CT molecular complexity index is 463. The molecule has 0 aliphatic heterocycles. The van der Waals surface area contributed by atoms with Crippen LogP contribution >= 0.6 is 0 Å². The molecule has 1 unspecified atom stereocenters. The highest BCUT2D eigenvalue weighted by molar-refractivity contribution is 5.95. The number of unbranched alkanes of at least 4 members (excludes halogenated alkanes) is 1. The van der Waals surface area contributed by atoms with Crippen molar-refractivity contribution in [2.75, 3.05) is 5.73 Å². The molecule has 1 aromatic carbocycles. The van der Waals surface area contributed by atoms with Crippen molar-refractivity contribution in [2.24, 2.45) is 0 Å². The van der Waals surface area contributed by atoms with Crippen LogP contribution in [0.3, 0.4) is 0 Å². The Balaban J connectivity index is 2.83. The minimum atomic E-state index is -0.866. The summed E-state index contributed by atoms with van der Waals surface area (Å²) in [6, 6.07) is 1.73. The Kier molecular flexibility index (Phi) is 6.42. The van der Waals surface area contributed by atoms with E-state index in [4.69, 9.17) is 5.73 Å². The number of nitrogens with one attached hydrogen (secondary N) is 1. The Hall–Kier alpha value is -1.65. The van der Waals surface area contributed by atoms with Gasteiger partial charge in [-0.2, -0.15) is 0 Å². The van der Waals surface area contributed by atoms with E-state index in [1.165, 1.54) is 0 Å². The van der Waals surface area contributed by atoms with Gasteiger partial charge in [-0.1, -0.05) is 33.1 Å². The monoisotopic (exact) mass is 284 g/mol. The first-order valence-electron chi connectivity index (χ1n) is 7.04. The number of carbonyl (C=O) groups is 1. The van der Waals surface area contributed by atoms with Crippen LogP contribution in [0.5, 0.6) is 0 Å². The molecule has 0 aliphatic carbocycles. The molecule has 1 aromatic rings. The molecule has 0 aromatic heterocycles. The number of anilines is 1. The van der Waals surface area contributed by atoms with Crippen LogP contribution in [0.2, 0.25) is 0 Å². The minimum Gasteiger partial charge on any atom is -0.396 e. The van der Waals surface area contributed by atoms with Gasteiger partial charge in [0.25, 0.3) is 5.91 Å². The zero-order valence-corrected chi connectivity index (χ0v) is 12.0. The van der Waals surface area contributed by atoms with E-state index in [0.717, 1.165) is 44.2 Å². The fraction of sp³-hybridized carbons (Fsp3) is 0.533. The quantitative estimate of drug-likeness (QED) is 0.751. The molecule has 0 heterocycles. The lowest BCUT2D eigenvalue weighted by Gasteiger charge is -2.18. The van der Waals surface area contributed by atoms with Gasteiger partial charge in [-0.3, -0.25) is 4.79 Å². The normalized spacial score (nSPS) is 12.2. The third-order valence-electron chi connectivity index (χ3n) is 3.19. The number of nitrogens with two attached hydrogens (primary N) is 1. The second-order valence-corrected chi connectivity index (χ2v) is 4.96. The van der Waals surface area contributed by atoms with Crippen molar-refractivity contribution < 1.29 is 13.6 Å². The molecule has 112 valence electrons. The van der Waals surface area contributed by atoms with Crippen LogP contribution in [0.25, 0.3) is 0 Å². The van der Waals surface area contributed by atoms with E-state index >= 15 is 0 Å². The number of amides is 1. The maximum Gasteiger partial charge on any atom is 0.254 e. The molecule has 0 aliphatic rings. The molecule has 1 rings (SSSR count).